The fourth-order valence-corrected chi connectivity index (χ4v) is 3.92. The maximum Gasteiger partial charge on any atom is 0.228 e. The number of carbonyl (C=O) groups is 2. The van der Waals surface area contributed by atoms with Gasteiger partial charge in [0.05, 0.1) is 18.1 Å². The summed E-state index contributed by atoms with van der Waals surface area (Å²) in [5.74, 6) is -0.909. The average molecular weight is 353 g/mol. The Balaban J connectivity index is 1.97. The van der Waals surface area contributed by atoms with E-state index < -0.39 is 15.9 Å². The Bertz CT molecular complexity index is 701. The van der Waals surface area contributed by atoms with E-state index in [1.54, 1.807) is 31.2 Å². The minimum atomic E-state index is -3.27. The van der Waals surface area contributed by atoms with Crippen LogP contribution in [0.3, 0.4) is 0 Å². The van der Waals surface area contributed by atoms with Crippen molar-refractivity contribution in [2.24, 2.45) is 11.7 Å². The summed E-state index contributed by atoms with van der Waals surface area (Å²) in [4.78, 5) is 23.3. The number of anilines is 1. The number of sulfonamides is 1. The number of nitrogens with zero attached hydrogens (tertiary/aromatic N) is 1. The third-order valence-corrected chi connectivity index (χ3v) is 5.96. The Hall–Kier alpha value is -1.93. The van der Waals surface area contributed by atoms with Gasteiger partial charge in [-0.05, 0) is 37.5 Å². The number of nitrogens with one attached hydrogen (secondary N) is 1. The van der Waals surface area contributed by atoms with Crippen LogP contribution in [0.4, 0.5) is 5.69 Å². The Morgan fingerprint density at radius 2 is 1.96 bits per heavy atom. The molecule has 2 amide bonds. The maximum atomic E-state index is 12.4. The van der Waals surface area contributed by atoms with Gasteiger partial charge in [0.25, 0.3) is 0 Å². The zero-order chi connectivity index (χ0) is 17.7. The first-order valence-corrected chi connectivity index (χ1v) is 9.58. The van der Waals surface area contributed by atoms with Gasteiger partial charge in [-0.2, -0.15) is 0 Å². The van der Waals surface area contributed by atoms with Gasteiger partial charge in [-0.25, -0.2) is 12.7 Å². The quantitative estimate of drug-likeness (QED) is 0.785. The summed E-state index contributed by atoms with van der Waals surface area (Å²) in [6.07, 6.45) is 1.50. The molecule has 1 aliphatic heterocycles. The molecule has 1 heterocycles. The van der Waals surface area contributed by atoms with Gasteiger partial charge in [-0.15, -0.1) is 0 Å². The summed E-state index contributed by atoms with van der Waals surface area (Å²) in [6, 6.07) is 6.88. The molecule has 0 aliphatic carbocycles. The molecule has 0 saturated carbocycles. The van der Waals surface area contributed by atoms with Gasteiger partial charge in [-0.1, -0.05) is 12.1 Å². The first-order chi connectivity index (χ1) is 11.3. The van der Waals surface area contributed by atoms with Gasteiger partial charge < -0.3 is 11.1 Å². The Kier molecular flexibility index (Phi) is 5.95. The molecule has 1 atom stereocenters. The van der Waals surface area contributed by atoms with Crippen LogP contribution in [-0.4, -0.2) is 43.4 Å². The molecule has 1 aromatic carbocycles. The van der Waals surface area contributed by atoms with Crippen LogP contribution in [-0.2, 0) is 26.0 Å². The molecule has 0 aromatic heterocycles. The molecule has 7 nitrogen and oxygen atoms in total. The fourth-order valence-electron chi connectivity index (χ4n) is 2.74. The van der Waals surface area contributed by atoms with E-state index in [2.05, 4.69) is 5.32 Å². The van der Waals surface area contributed by atoms with E-state index in [0.717, 1.165) is 5.56 Å². The fraction of sp³-hybridized carbons (Fsp3) is 0.500. The highest BCUT2D eigenvalue weighted by Gasteiger charge is 2.31. The molecule has 0 bridgehead atoms. The summed E-state index contributed by atoms with van der Waals surface area (Å²) in [6.45, 7) is 2.30. The van der Waals surface area contributed by atoms with Crippen LogP contribution in [0, 0.1) is 5.92 Å². The van der Waals surface area contributed by atoms with Crippen molar-refractivity contribution in [3.63, 3.8) is 0 Å². The molecule has 1 aliphatic rings. The molecular formula is C16H23N3O4S. The first-order valence-electron chi connectivity index (χ1n) is 7.97. The zero-order valence-electron chi connectivity index (χ0n) is 13.7. The van der Waals surface area contributed by atoms with Crippen molar-refractivity contribution >= 4 is 27.5 Å². The second kappa shape index (κ2) is 7.76. The van der Waals surface area contributed by atoms with E-state index in [1.807, 2.05) is 0 Å². The van der Waals surface area contributed by atoms with Crippen molar-refractivity contribution in [1.29, 1.82) is 0 Å². The highest BCUT2D eigenvalue weighted by molar-refractivity contribution is 7.89. The number of hydrogen-bond donors (Lipinski definition) is 2. The van der Waals surface area contributed by atoms with Crippen molar-refractivity contribution in [1.82, 2.24) is 4.31 Å². The summed E-state index contributed by atoms with van der Waals surface area (Å²) < 4.78 is 25.3. The van der Waals surface area contributed by atoms with Gasteiger partial charge in [0, 0.05) is 18.8 Å². The van der Waals surface area contributed by atoms with Crippen LogP contribution < -0.4 is 11.1 Å². The molecule has 2 rings (SSSR count). The van der Waals surface area contributed by atoms with Crippen LogP contribution >= 0.6 is 0 Å². The average Bonchev–Trinajstić information content (AvgIpc) is 2.56. The lowest BCUT2D eigenvalue weighted by atomic mass is 9.98. The smallest absolute Gasteiger partial charge is 0.228 e. The van der Waals surface area contributed by atoms with E-state index >= 15 is 0 Å². The lowest BCUT2D eigenvalue weighted by molar-refractivity contribution is -0.121. The van der Waals surface area contributed by atoms with Crippen LogP contribution in [0.1, 0.15) is 25.3 Å². The van der Waals surface area contributed by atoms with E-state index in [-0.39, 0.29) is 30.5 Å². The van der Waals surface area contributed by atoms with Crippen LogP contribution in [0.15, 0.2) is 24.3 Å². The van der Waals surface area contributed by atoms with E-state index in [9.17, 15) is 18.0 Å². The second-order valence-electron chi connectivity index (χ2n) is 5.93. The number of hydrogen-bond acceptors (Lipinski definition) is 4. The number of rotatable bonds is 6. The number of amides is 2. The lowest BCUT2D eigenvalue weighted by Crippen LogP contribution is -2.44. The number of benzene rings is 1. The first kappa shape index (κ1) is 18.4. The molecule has 24 heavy (non-hydrogen) atoms. The molecule has 1 aromatic rings. The molecule has 1 saturated heterocycles. The van der Waals surface area contributed by atoms with Crippen molar-refractivity contribution in [3.05, 3.63) is 29.8 Å². The topological polar surface area (TPSA) is 110 Å². The van der Waals surface area contributed by atoms with Gasteiger partial charge >= 0.3 is 0 Å². The van der Waals surface area contributed by atoms with Gasteiger partial charge in [0.2, 0.25) is 21.8 Å². The van der Waals surface area contributed by atoms with Crippen molar-refractivity contribution < 1.29 is 18.0 Å². The molecule has 0 spiro atoms. The zero-order valence-corrected chi connectivity index (χ0v) is 14.5. The van der Waals surface area contributed by atoms with Gasteiger partial charge in [0.1, 0.15) is 0 Å². The second-order valence-corrected chi connectivity index (χ2v) is 8.18. The summed E-state index contributed by atoms with van der Waals surface area (Å²) in [7, 11) is -3.27. The van der Waals surface area contributed by atoms with E-state index in [0.29, 0.717) is 25.1 Å². The maximum absolute atomic E-state index is 12.4. The minimum absolute atomic E-state index is 0.0443. The van der Waals surface area contributed by atoms with Crippen molar-refractivity contribution in [3.8, 4) is 0 Å². The van der Waals surface area contributed by atoms with Crippen molar-refractivity contribution in [2.45, 2.75) is 26.2 Å². The summed E-state index contributed by atoms with van der Waals surface area (Å²) in [5, 5.41) is 2.81. The van der Waals surface area contributed by atoms with Crippen LogP contribution in [0.2, 0.25) is 0 Å². The minimum Gasteiger partial charge on any atom is -0.369 e. The highest BCUT2D eigenvalue weighted by Crippen LogP contribution is 2.21. The summed E-state index contributed by atoms with van der Waals surface area (Å²) >= 11 is 0. The molecule has 132 valence electrons. The molecule has 0 radical (unpaired) electrons. The number of primary amides is 1. The number of nitrogens with two attached hydrogens (primary N) is 1. The third kappa shape index (κ3) is 4.78. The third-order valence-electron chi connectivity index (χ3n) is 4.11. The Morgan fingerprint density at radius 1 is 1.29 bits per heavy atom. The molecular weight excluding hydrogens is 330 g/mol. The highest BCUT2D eigenvalue weighted by atomic mass is 32.2. The van der Waals surface area contributed by atoms with Gasteiger partial charge in [0.15, 0.2) is 0 Å². The monoisotopic (exact) mass is 353 g/mol. The standard InChI is InChI=1S/C16H23N3O4S/c1-2-24(22,23)19-9-3-4-13(11-19)16(21)18-14-7-5-12(6-8-14)10-15(17)20/h5-8,13H,2-4,9-11H2,1H3,(H2,17,20)(H,18,21)/t13-/m1/s1. The normalized spacial score (nSPS) is 19.0. The number of carbonyl (C=O) groups excluding carboxylic acids is 2. The Morgan fingerprint density at radius 3 is 2.54 bits per heavy atom. The van der Waals surface area contributed by atoms with Crippen LogP contribution in [0.25, 0.3) is 0 Å². The SMILES string of the molecule is CCS(=O)(=O)N1CCC[C@@H](C(=O)Nc2ccc(CC(N)=O)cc2)C1. The molecule has 8 heteroatoms. The predicted octanol–water partition coefficient (Wildman–Crippen LogP) is 0.715. The Labute approximate surface area is 142 Å². The summed E-state index contributed by atoms with van der Waals surface area (Å²) in [5.41, 5.74) is 6.53. The number of piperidine rings is 1. The van der Waals surface area contributed by atoms with Crippen LogP contribution in [0.5, 0.6) is 0 Å². The predicted molar refractivity (Wildman–Crippen MR) is 91.7 cm³/mol. The largest absolute Gasteiger partial charge is 0.369 e. The van der Waals surface area contributed by atoms with Gasteiger partial charge in [-0.3, -0.25) is 9.59 Å². The molecule has 0 unspecified atom stereocenters. The van der Waals surface area contributed by atoms with Crippen molar-refractivity contribution in [2.75, 3.05) is 24.2 Å². The van der Waals surface area contributed by atoms with E-state index in [4.69, 9.17) is 5.73 Å². The molecule has 3 N–H and O–H groups in total. The lowest BCUT2D eigenvalue weighted by Gasteiger charge is -2.30. The molecule has 1 fully saturated rings. The van der Waals surface area contributed by atoms with E-state index in [1.165, 1.54) is 4.31 Å².